The van der Waals surface area contributed by atoms with Crippen molar-refractivity contribution < 1.29 is 13.2 Å². The summed E-state index contributed by atoms with van der Waals surface area (Å²) in [6.45, 7) is 4.79. The molecule has 0 fully saturated rings. The molecule has 4 nitrogen and oxygen atoms in total. The normalized spacial score (nSPS) is 12.3. The molecule has 0 radical (unpaired) electrons. The molecular formula is C17H28ClNO3S. The lowest BCUT2D eigenvalue weighted by atomic mass is 10.1. The third-order valence-corrected chi connectivity index (χ3v) is 6.23. The maximum absolute atomic E-state index is 13.0. The summed E-state index contributed by atoms with van der Waals surface area (Å²) in [4.78, 5) is 0.343. The summed E-state index contributed by atoms with van der Waals surface area (Å²) in [5, 5.41) is 0. The molecule has 23 heavy (non-hydrogen) atoms. The van der Waals surface area contributed by atoms with Gasteiger partial charge in [0.15, 0.2) is 0 Å². The van der Waals surface area contributed by atoms with Crippen molar-refractivity contribution in [1.29, 1.82) is 0 Å². The molecular weight excluding hydrogens is 334 g/mol. The van der Waals surface area contributed by atoms with Crippen LogP contribution < -0.4 is 0 Å². The second-order valence-electron chi connectivity index (χ2n) is 5.52. The van der Waals surface area contributed by atoms with Crippen molar-refractivity contribution >= 4 is 21.6 Å². The van der Waals surface area contributed by atoms with Crippen LogP contribution in [0.1, 0.15) is 38.7 Å². The topological polar surface area (TPSA) is 46.6 Å². The van der Waals surface area contributed by atoms with Crippen LogP contribution in [-0.4, -0.2) is 44.9 Å². The van der Waals surface area contributed by atoms with Crippen LogP contribution in [-0.2, 0) is 21.2 Å². The minimum Gasteiger partial charge on any atom is -0.383 e. The summed E-state index contributed by atoms with van der Waals surface area (Å²) in [5.41, 5.74) is 1.11. The molecule has 132 valence electrons. The SMILES string of the molecule is CCC(CC)N(CCOC)S(=O)(=O)c1ccc(CCCCl)cc1. The molecule has 0 saturated carbocycles. The number of benzene rings is 1. The lowest BCUT2D eigenvalue weighted by molar-refractivity contribution is 0.163. The molecule has 0 spiro atoms. The molecule has 0 atom stereocenters. The monoisotopic (exact) mass is 361 g/mol. The van der Waals surface area contributed by atoms with Crippen LogP contribution in [0.5, 0.6) is 0 Å². The third-order valence-electron chi connectivity index (χ3n) is 3.99. The van der Waals surface area contributed by atoms with Crippen LogP contribution in [0.2, 0.25) is 0 Å². The first kappa shape index (κ1) is 20.4. The van der Waals surface area contributed by atoms with Gasteiger partial charge in [-0.25, -0.2) is 8.42 Å². The summed E-state index contributed by atoms with van der Waals surface area (Å²) in [6, 6.07) is 7.13. The van der Waals surface area contributed by atoms with Crippen molar-refractivity contribution in [3.63, 3.8) is 0 Å². The second-order valence-corrected chi connectivity index (χ2v) is 7.78. The van der Waals surface area contributed by atoms with E-state index in [1.54, 1.807) is 23.5 Å². The zero-order valence-corrected chi connectivity index (χ0v) is 15.9. The van der Waals surface area contributed by atoms with Gasteiger partial charge in [-0.05, 0) is 43.4 Å². The highest BCUT2D eigenvalue weighted by Crippen LogP contribution is 2.22. The fraction of sp³-hybridized carbons (Fsp3) is 0.647. The molecule has 1 aromatic rings. The number of sulfonamides is 1. The van der Waals surface area contributed by atoms with Gasteiger partial charge in [-0.15, -0.1) is 11.6 Å². The largest absolute Gasteiger partial charge is 0.383 e. The van der Waals surface area contributed by atoms with E-state index in [-0.39, 0.29) is 6.04 Å². The second kappa shape index (κ2) is 10.3. The quantitative estimate of drug-likeness (QED) is 0.565. The minimum absolute atomic E-state index is 0.00826. The van der Waals surface area contributed by atoms with Crippen molar-refractivity contribution in [2.75, 3.05) is 26.1 Å². The predicted octanol–water partition coefficient (Wildman–Crippen LogP) is 3.68. The van der Waals surface area contributed by atoms with E-state index >= 15 is 0 Å². The predicted molar refractivity (Wildman–Crippen MR) is 95.6 cm³/mol. The zero-order chi connectivity index (χ0) is 17.3. The van der Waals surface area contributed by atoms with Gasteiger partial charge in [-0.3, -0.25) is 0 Å². The number of alkyl halides is 1. The number of halogens is 1. The summed E-state index contributed by atoms with van der Waals surface area (Å²) < 4.78 is 32.6. The van der Waals surface area contributed by atoms with Crippen molar-refractivity contribution in [3.05, 3.63) is 29.8 Å². The Kier molecular flexibility index (Phi) is 9.14. The highest BCUT2D eigenvalue weighted by molar-refractivity contribution is 7.89. The van der Waals surface area contributed by atoms with Gasteiger partial charge < -0.3 is 4.74 Å². The number of hydrogen-bond acceptors (Lipinski definition) is 3. The Morgan fingerprint density at radius 3 is 2.26 bits per heavy atom. The van der Waals surface area contributed by atoms with E-state index in [1.807, 2.05) is 26.0 Å². The average Bonchev–Trinajstić information content (AvgIpc) is 2.57. The van der Waals surface area contributed by atoms with Crippen molar-refractivity contribution in [2.45, 2.75) is 50.5 Å². The smallest absolute Gasteiger partial charge is 0.243 e. The van der Waals surface area contributed by atoms with Gasteiger partial charge >= 0.3 is 0 Å². The molecule has 0 bridgehead atoms. The molecule has 0 amide bonds. The number of nitrogens with zero attached hydrogens (tertiary/aromatic N) is 1. The fourth-order valence-electron chi connectivity index (χ4n) is 2.61. The highest BCUT2D eigenvalue weighted by atomic mass is 35.5. The maximum atomic E-state index is 13.0. The molecule has 1 aromatic carbocycles. The Bertz CT molecular complexity index is 541. The van der Waals surface area contributed by atoms with Gasteiger partial charge in [0, 0.05) is 25.6 Å². The Morgan fingerprint density at radius 2 is 1.78 bits per heavy atom. The van der Waals surface area contributed by atoms with Crippen LogP contribution in [0, 0.1) is 0 Å². The van der Waals surface area contributed by atoms with Gasteiger partial charge in [-0.2, -0.15) is 4.31 Å². The average molecular weight is 362 g/mol. The van der Waals surface area contributed by atoms with E-state index in [9.17, 15) is 8.42 Å². The molecule has 0 aromatic heterocycles. The Balaban J connectivity index is 3.03. The van der Waals surface area contributed by atoms with E-state index < -0.39 is 10.0 Å². The first-order valence-corrected chi connectivity index (χ1v) is 10.1. The Morgan fingerprint density at radius 1 is 1.17 bits per heavy atom. The molecule has 0 aliphatic carbocycles. The summed E-state index contributed by atoms with van der Waals surface area (Å²) in [5.74, 6) is 0.611. The fourth-order valence-corrected chi connectivity index (χ4v) is 4.50. The lowest BCUT2D eigenvalue weighted by Crippen LogP contribution is -2.41. The van der Waals surface area contributed by atoms with Crippen molar-refractivity contribution in [3.8, 4) is 0 Å². The summed E-state index contributed by atoms with van der Waals surface area (Å²) in [6.07, 6.45) is 3.33. The Hall–Kier alpha value is -0.620. The van der Waals surface area contributed by atoms with Crippen LogP contribution in [0.3, 0.4) is 0 Å². The minimum atomic E-state index is -3.51. The number of aryl methyl sites for hydroxylation is 1. The molecule has 0 saturated heterocycles. The number of methoxy groups -OCH3 is 1. The van der Waals surface area contributed by atoms with Crippen LogP contribution in [0.4, 0.5) is 0 Å². The molecule has 1 rings (SSSR count). The number of ether oxygens (including phenoxy) is 1. The zero-order valence-electron chi connectivity index (χ0n) is 14.3. The number of hydrogen-bond donors (Lipinski definition) is 0. The standard InChI is InChI=1S/C17H28ClNO3S/c1-4-16(5-2)19(13-14-22-3)23(20,21)17-10-8-15(9-11-17)7-6-12-18/h8-11,16H,4-7,12-14H2,1-3H3. The van der Waals surface area contributed by atoms with Gasteiger partial charge in [0.05, 0.1) is 11.5 Å². The van der Waals surface area contributed by atoms with E-state index in [4.69, 9.17) is 16.3 Å². The van der Waals surface area contributed by atoms with Gasteiger partial charge in [0.1, 0.15) is 0 Å². The van der Waals surface area contributed by atoms with E-state index in [0.29, 0.717) is 23.9 Å². The van der Waals surface area contributed by atoms with E-state index in [0.717, 1.165) is 31.2 Å². The maximum Gasteiger partial charge on any atom is 0.243 e. The van der Waals surface area contributed by atoms with Gasteiger partial charge in [0.2, 0.25) is 10.0 Å². The molecule has 6 heteroatoms. The van der Waals surface area contributed by atoms with Crippen LogP contribution in [0.15, 0.2) is 29.2 Å². The van der Waals surface area contributed by atoms with Gasteiger partial charge in [-0.1, -0.05) is 26.0 Å². The first-order chi connectivity index (χ1) is 11.0. The summed E-state index contributed by atoms with van der Waals surface area (Å²) >= 11 is 5.70. The van der Waals surface area contributed by atoms with Crippen LogP contribution >= 0.6 is 11.6 Å². The molecule has 0 N–H and O–H groups in total. The van der Waals surface area contributed by atoms with E-state index in [2.05, 4.69) is 0 Å². The molecule has 0 aliphatic heterocycles. The van der Waals surface area contributed by atoms with Crippen molar-refractivity contribution in [2.24, 2.45) is 0 Å². The molecule has 0 heterocycles. The van der Waals surface area contributed by atoms with Gasteiger partial charge in [0.25, 0.3) is 0 Å². The Labute approximate surface area is 145 Å². The first-order valence-electron chi connectivity index (χ1n) is 8.16. The number of rotatable bonds is 11. The van der Waals surface area contributed by atoms with E-state index in [1.165, 1.54) is 0 Å². The molecule has 0 aliphatic rings. The highest BCUT2D eigenvalue weighted by Gasteiger charge is 2.29. The van der Waals surface area contributed by atoms with Crippen LogP contribution in [0.25, 0.3) is 0 Å². The van der Waals surface area contributed by atoms with Crippen molar-refractivity contribution in [1.82, 2.24) is 4.31 Å². The molecule has 0 unspecified atom stereocenters. The lowest BCUT2D eigenvalue weighted by Gasteiger charge is -2.29. The summed E-state index contributed by atoms with van der Waals surface area (Å²) in [7, 11) is -1.92. The third kappa shape index (κ3) is 5.75.